The summed E-state index contributed by atoms with van der Waals surface area (Å²) >= 11 is 0. The Morgan fingerprint density at radius 2 is 1.83 bits per heavy atom. The lowest BCUT2D eigenvalue weighted by atomic mass is 10.5. The molecule has 0 radical (unpaired) electrons. The first-order valence-corrected chi connectivity index (χ1v) is 7.40. The maximum absolute atomic E-state index is 11.3. The Bertz CT molecular complexity index is 705. The smallest absolute Gasteiger partial charge is 0.281 e. The van der Waals surface area contributed by atoms with Gasteiger partial charge in [0.25, 0.3) is 5.91 Å². The molecule has 0 aromatic rings. The summed E-state index contributed by atoms with van der Waals surface area (Å²) in [4.78, 5) is 10.0. The third-order valence-corrected chi connectivity index (χ3v) is 3.48. The van der Waals surface area contributed by atoms with Gasteiger partial charge in [-0.2, -0.15) is 8.42 Å². The van der Waals surface area contributed by atoms with Crippen LogP contribution in [0, 0.1) is 0 Å². The highest BCUT2D eigenvalue weighted by Crippen LogP contribution is 2.02. The SMILES string of the molecule is C=C=C=C=C=C(C(=O)NS(=O)(=O)CC)S(=O)(=O)O. The minimum absolute atomic E-state index is 0.441. The van der Waals surface area contributed by atoms with Crippen LogP contribution in [0.25, 0.3) is 0 Å². The number of sulfonamides is 1. The molecule has 0 bridgehead atoms. The van der Waals surface area contributed by atoms with Crippen LogP contribution in [-0.2, 0) is 24.9 Å². The first-order valence-electron chi connectivity index (χ1n) is 4.31. The third kappa shape index (κ3) is 5.50. The maximum Gasteiger partial charge on any atom is 0.308 e. The van der Waals surface area contributed by atoms with E-state index in [9.17, 15) is 21.6 Å². The molecule has 0 fully saturated rings. The summed E-state index contributed by atoms with van der Waals surface area (Å²) in [5.74, 6) is -1.98. The quantitative estimate of drug-likeness (QED) is 0.408. The van der Waals surface area contributed by atoms with E-state index in [4.69, 9.17) is 4.55 Å². The van der Waals surface area contributed by atoms with Crippen LogP contribution in [0.3, 0.4) is 0 Å². The number of rotatable bonds is 4. The monoisotopic (exact) mass is 291 g/mol. The highest BCUT2D eigenvalue weighted by Gasteiger charge is 2.25. The Morgan fingerprint density at radius 3 is 2.22 bits per heavy atom. The van der Waals surface area contributed by atoms with Gasteiger partial charge in [-0.05, 0) is 30.7 Å². The Kier molecular flexibility index (Phi) is 5.59. The van der Waals surface area contributed by atoms with Crippen LogP contribution in [0.2, 0.25) is 0 Å². The molecule has 98 valence electrons. The van der Waals surface area contributed by atoms with Crippen molar-refractivity contribution >= 4 is 26.0 Å². The van der Waals surface area contributed by atoms with Crippen LogP contribution < -0.4 is 4.72 Å². The Balaban J connectivity index is 5.85. The van der Waals surface area contributed by atoms with Gasteiger partial charge in [-0.25, -0.2) is 13.1 Å². The van der Waals surface area contributed by atoms with E-state index in [0.29, 0.717) is 0 Å². The molecular weight excluding hydrogens is 282 g/mol. The minimum Gasteiger partial charge on any atom is -0.281 e. The van der Waals surface area contributed by atoms with Crippen LogP contribution in [0.4, 0.5) is 0 Å². The number of amides is 1. The Hall–Kier alpha value is -1.81. The molecule has 2 N–H and O–H groups in total. The minimum atomic E-state index is -4.95. The molecule has 0 unspecified atom stereocenters. The van der Waals surface area contributed by atoms with Gasteiger partial charge in [-0.3, -0.25) is 9.35 Å². The lowest BCUT2D eigenvalue weighted by Gasteiger charge is -2.03. The van der Waals surface area contributed by atoms with Crippen LogP contribution in [-0.4, -0.2) is 33.0 Å². The second-order valence-corrected chi connectivity index (χ2v) is 6.06. The molecule has 0 aliphatic carbocycles. The molecule has 0 saturated heterocycles. The van der Waals surface area contributed by atoms with Crippen molar-refractivity contribution in [2.24, 2.45) is 0 Å². The zero-order valence-electron chi connectivity index (χ0n) is 9.22. The van der Waals surface area contributed by atoms with Crippen molar-refractivity contribution in [2.75, 3.05) is 5.75 Å². The number of hydrogen-bond acceptors (Lipinski definition) is 5. The van der Waals surface area contributed by atoms with Gasteiger partial charge in [0.1, 0.15) is 0 Å². The van der Waals surface area contributed by atoms with Crippen LogP contribution >= 0.6 is 0 Å². The molecule has 0 aromatic carbocycles. The number of hydrogen-bond donors (Lipinski definition) is 2. The van der Waals surface area contributed by atoms with Crippen molar-refractivity contribution in [3.05, 3.63) is 34.4 Å². The van der Waals surface area contributed by atoms with E-state index in [-0.39, 0.29) is 0 Å². The van der Waals surface area contributed by atoms with Crippen LogP contribution in [0.1, 0.15) is 6.92 Å². The lowest BCUT2D eigenvalue weighted by molar-refractivity contribution is -0.115. The average molecular weight is 291 g/mol. The second-order valence-electron chi connectivity index (χ2n) is 2.69. The Morgan fingerprint density at radius 1 is 1.28 bits per heavy atom. The lowest BCUT2D eigenvalue weighted by Crippen LogP contribution is -2.34. The van der Waals surface area contributed by atoms with Crippen molar-refractivity contribution in [2.45, 2.75) is 6.92 Å². The Labute approximate surface area is 104 Å². The summed E-state index contributed by atoms with van der Waals surface area (Å²) in [7, 11) is -8.91. The van der Waals surface area contributed by atoms with E-state index >= 15 is 0 Å². The first kappa shape index (κ1) is 16.2. The molecule has 0 saturated carbocycles. The molecule has 7 nitrogen and oxygen atoms in total. The molecule has 0 heterocycles. The summed E-state index contributed by atoms with van der Waals surface area (Å²) in [6.07, 6.45) is 0. The van der Waals surface area contributed by atoms with E-state index < -0.39 is 36.7 Å². The zero-order valence-corrected chi connectivity index (χ0v) is 10.9. The molecule has 18 heavy (non-hydrogen) atoms. The standard InChI is InChI=1S/C9H9NO6S2/c1-3-5-6-7-8(18(14,15)16)9(11)10-17(12,13)4-2/h1,4H2,2H3,(H,10,11)(H,14,15,16). The number of nitrogens with one attached hydrogen (secondary N) is 1. The van der Waals surface area contributed by atoms with Crippen molar-refractivity contribution < 1.29 is 26.2 Å². The van der Waals surface area contributed by atoms with Gasteiger partial charge >= 0.3 is 10.1 Å². The predicted octanol–water partition coefficient (Wildman–Crippen LogP) is -0.526. The van der Waals surface area contributed by atoms with Gasteiger partial charge in [0, 0.05) is 0 Å². The fraction of sp³-hybridized carbons (Fsp3) is 0.222. The van der Waals surface area contributed by atoms with Crippen molar-refractivity contribution in [1.29, 1.82) is 0 Å². The fourth-order valence-electron chi connectivity index (χ4n) is 0.630. The zero-order chi connectivity index (χ0) is 14.4. The molecule has 0 aromatic heterocycles. The van der Waals surface area contributed by atoms with Gasteiger partial charge in [0.05, 0.1) is 5.75 Å². The van der Waals surface area contributed by atoms with Crippen molar-refractivity contribution in [3.63, 3.8) is 0 Å². The van der Waals surface area contributed by atoms with Crippen LogP contribution in [0.15, 0.2) is 34.4 Å². The van der Waals surface area contributed by atoms with E-state index in [0.717, 1.165) is 0 Å². The largest absolute Gasteiger partial charge is 0.308 e. The normalized spacial score (nSPS) is 10.3. The highest BCUT2D eigenvalue weighted by atomic mass is 32.2. The maximum atomic E-state index is 11.3. The van der Waals surface area contributed by atoms with E-state index in [2.05, 4.69) is 12.3 Å². The molecule has 0 atom stereocenters. The fourth-order valence-corrected chi connectivity index (χ4v) is 1.69. The average Bonchev–Trinajstić information content (AvgIpc) is 2.21. The number of carbonyl (C=O) groups excluding carboxylic acids is 1. The van der Waals surface area contributed by atoms with Crippen molar-refractivity contribution in [3.8, 4) is 0 Å². The van der Waals surface area contributed by atoms with Gasteiger partial charge in [-0.15, -0.1) is 0 Å². The van der Waals surface area contributed by atoms with E-state index in [1.807, 2.05) is 11.5 Å². The summed E-state index contributed by atoms with van der Waals surface area (Å²) in [5.41, 5.74) is 7.76. The molecule has 0 rings (SSSR count). The summed E-state index contributed by atoms with van der Waals surface area (Å²) in [6.45, 7) is 4.32. The first-order chi connectivity index (χ1) is 8.14. The number of carbonyl (C=O) groups is 1. The van der Waals surface area contributed by atoms with Gasteiger partial charge in [0.2, 0.25) is 14.9 Å². The van der Waals surface area contributed by atoms with E-state index in [1.54, 1.807) is 5.73 Å². The molecule has 9 heteroatoms. The highest BCUT2D eigenvalue weighted by molar-refractivity contribution is 7.92. The van der Waals surface area contributed by atoms with Crippen molar-refractivity contribution in [1.82, 2.24) is 4.72 Å². The molecule has 0 spiro atoms. The van der Waals surface area contributed by atoms with Gasteiger partial charge in [-0.1, -0.05) is 5.73 Å². The van der Waals surface area contributed by atoms with Gasteiger partial charge in [0.15, 0.2) is 0 Å². The molecule has 0 aliphatic heterocycles. The topological polar surface area (TPSA) is 118 Å². The second kappa shape index (κ2) is 6.21. The summed E-state index contributed by atoms with van der Waals surface area (Å²) in [5, 5.41) is 0. The van der Waals surface area contributed by atoms with Gasteiger partial charge < -0.3 is 0 Å². The molecule has 0 aliphatic rings. The van der Waals surface area contributed by atoms with Crippen LogP contribution in [0.5, 0.6) is 0 Å². The molecular formula is C9H9NO6S2. The summed E-state index contributed by atoms with van der Waals surface area (Å²) in [6, 6.07) is 0. The van der Waals surface area contributed by atoms with E-state index in [1.165, 1.54) is 11.6 Å². The predicted molar refractivity (Wildman–Crippen MR) is 62.3 cm³/mol. The third-order valence-electron chi connectivity index (χ3n) is 1.42. The molecule has 1 amide bonds. The summed E-state index contributed by atoms with van der Waals surface area (Å²) < 4.78 is 54.0.